The van der Waals surface area contributed by atoms with Crippen LogP contribution in [0.3, 0.4) is 0 Å². The zero-order valence-electron chi connectivity index (χ0n) is 15.3. The summed E-state index contributed by atoms with van der Waals surface area (Å²) >= 11 is 0. The number of hydrogen-bond acceptors (Lipinski definition) is 2. The third-order valence-electron chi connectivity index (χ3n) is 4.63. The molecule has 124 valence electrons. The summed E-state index contributed by atoms with van der Waals surface area (Å²) < 4.78 is 0. The van der Waals surface area contributed by atoms with E-state index < -0.39 is 0 Å². The molecule has 0 aliphatic carbocycles. The van der Waals surface area contributed by atoms with E-state index >= 15 is 0 Å². The van der Waals surface area contributed by atoms with Crippen molar-refractivity contribution in [2.24, 2.45) is 0 Å². The van der Waals surface area contributed by atoms with Crippen LogP contribution >= 0.6 is 0 Å². The lowest BCUT2D eigenvalue weighted by molar-refractivity contribution is 0.454. The first-order chi connectivity index (χ1) is 10.6. The van der Waals surface area contributed by atoms with Crippen LogP contribution < -0.4 is 0 Å². The largest absolute Gasteiger partial charge is 0.507 e. The van der Waals surface area contributed by atoms with Gasteiger partial charge in [-0.15, -0.1) is 0 Å². The Morgan fingerprint density at radius 2 is 1.17 bits per heavy atom. The molecular weight excluding hydrogens is 284 g/mol. The molecule has 0 heterocycles. The first-order valence-corrected chi connectivity index (χ1v) is 8.32. The maximum atomic E-state index is 10.6. The van der Waals surface area contributed by atoms with Gasteiger partial charge in [-0.3, -0.25) is 0 Å². The van der Waals surface area contributed by atoms with Crippen LogP contribution in [0.5, 0.6) is 11.5 Å². The minimum Gasteiger partial charge on any atom is -0.507 e. The summed E-state index contributed by atoms with van der Waals surface area (Å²) in [6, 6.07) is 6.15. The smallest absolute Gasteiger partial charge is 0.122 e. The molecule has 0 aliphatic rings. The number of phenolic OH excluding ortho intramolecular Hbond substituents is 2. The average molecular weight is 312 g/mol. The Morgan fingerprint density at radius 3 is 1.61 bits per heavy atom. The van der Waals surface area contributed by atoms with Crippen molar-refractivity contribution in [1.82, 2.24) is 0 Å². The van der Waals surface area contributed by atoms with Crippen LogP contribution in [0.2, 0.25) is 0 Å². The second kappa shape index (κ2) is 6.27. The molecule has 0 spiro atoms. The standard InChI is InChI=1S/C21H28O2/c1-11(2)17-9-16(10-18(12(3)4)21(17)23)19-13(5)8-14(6)20(22)15(19)7/h8-12,22-23H,1-7H3. The van der Waals surface area contributed by atoms with Gasteiger partial charge in [0.2, 0.25) is 0 Å². The van der Waals surface area contributed by atoms with Gasteiger partial charge in [-0.1, -0.05) is 33.8 Å². The fourth-order valence-electron chi connectivity index (χ4n) is 3.32. The molecule has 2 aromatic carbocycles. The summed E-state index contributed by atoms with van der Waals surface area (Å²) in [5.41, 5.74) is 7.01. The molecule has 2 rings (SSSR count). The first-order valence-electron chi connectivity index (χ1n) is 8.32. The highest BCUT2D eigenvalue weighted by molar-refractivity contribution is 5.76. The van der Waals surface area contributed by atoms with Crippen molar-refractivity contribution in [1.29, 1.82) is 0 Å². The molecule has 0 atom stereocenters. The molecule has 0 aromatic heterocycles. The van der Waals surface area contributed by atoms with E-state index in [1.807, 2.05) is 19.9 Å². The van der Waals surface area contributed by atoms with Gasteiger partial charge in [-0.05, 0) is 83.7 Å². The van der Waals surface area contributed by atoms with Crippen molar-refractivity contribution in [3.05, 3.63) is 46.0 Å². The second-order valence-corrected chi connectivity index (χ2v) is 7.17. The van der Waals surface area contributed by atoms with Crippen molar-refractivity contribution < 1.29 is 10.2 Å². The van der Waals surface area contributed by atoms with Crippen molar-refractivity contribution >= 4 is 0 Å². The molecule has 0 radical (unpaired) electrons. The molecule has 0 fully saturated rings. The van der Waals surface area contributed by atoms with Crippen LogP contribution in [0.25, 0.3) is 11.1 Å². The molecule has 0 saturated heterocycles. The average Bonchev–Trinajstić information content (AvgIpc) is 2.45. The predicted octanol–water partition coefficient (Wildman–Crippen LogP) is 5.94. The van der Waals surface area contributed by atoms with Crippen molar-refractivity contribution in [2.75, 3.05) is 0 Å². The lowest BCUT2D eigenvalue weighted by atomic mass is 9.86. The van der Waals surface area contributed by atoms with Gasteiger partial charge in [0.1, 0.15) is 11.5 Å². The number of benzene rings is 2. The van der Waals surface area contributed by atoms with Crippen LogP contribution in [0.4, 0.5) is 0 Å². The number of hydrogen-bond donors (Lipinski definition) is 2. The van der Waals surface area contributed by atoms with E-state index in [2.05, 4.69) is 46.8 Å². The predicted molar refractivity (Wildman–Crippen MR) is 97.6 cm³/mol. The molecular formula is C21H28O2. The molecule has 0 unspecified atom stereocenters. The lowest BCUT2D eigenvalue weighted by Crippen LogP contribution is -1.99. The van der Waals surface area contributed by atoms with Gasteiger partial charge in [0.25, 0.3) is 0 Å². The SMILES string of the molecule is Cc1cc(C)c(-c2cc(C(C)C)c(O)c(C(C)C)c2)c(C)c1O. The molecule has 2 nitrogen and oxygen atoms in total. The van der Waals surface area contributed by atoms with E-state index in [1.165, 1.54) is 0 Å². The highest BCUT2D eigenvalue weighted by atomic mass is 16.3. The van der Waals surface area contributed by atoms with Gasteiger partial charge in [-0.2, -0.15) is 0 Å². The minimum absolute atomic E-state index is 0.243. The van der Waals surface area contributed by atoms with E-state index in [-0.39, 0.29) is 11.8 Å². The third-order valence-corrected chi connectivity index (χ3v) is 4.63. The van der Waals surface area contributed by atoms with Gasteiger partial charge in [0.15, 0.2) is 0 Å². The van der Waals surface area contributed by atoms with Crippen molar-refractivity contribution in [3.63, 3.8) is 0 Å². The summed E-state index contributed by atoms with van der Waals surface area (Å²) in [6.07, 6.45) is 0. The highest BCUT2D eigenvalue weighted by Crippen LogP contribution is 2.41. The molecule has 2 N–H and O–H groups in total. The maximum absolute atomic E-state index is 10.6. The Labute approximate surface area is 139 Å². The zero-order chi connectivity index (χ0) is 17.5. The summed E-state index contributed by atoms with van der Waals surface area (Å²) in [7, 11) is 0. The molecule has 23 heavy (non-hydrogen) atoms. The monoisotopic (exact) mass is 312 g/mol. The Bertz CT molecular complexity index is 711. The molecule has 0 bridgehead atoms. The van der Waals surface area contributed by atoms with Crippen LogP contribution in [0, 0.1) is 20.8 Å². The topological polar surface area (TPSA) is 40.5 Å². The molecule has 2 heteroatoms. The maximum Gasteiger partial charge on any atom is 0.122 e. The number of phenols is 2. The van der Waals surface area contributed by atoms with Crippen molar-refractivity contribution in [2.45, 2.75) is 60.3 Å². The van der Waals surface area contributed by atoms with E-state index in [0.717, 1.165) is 38.9 Å². The van der Waals surface area contributed by atoms with Gasteiger partial charge >= 0.3 is 0 Å². The fraction of sp³-hybridized carbons (Fsp3) is 0.429. The van der Waals surface area contributed by atoms with Gasteiger partial charge in [-0.25, -0.2) is 0 Å². The van der Waals surface area contributed by atoms with Gasteiger partial charge in [0.05, 0.1) is 0 Å². The number of rotatable bonds is 3. The van der Waals surface area contributed by atoms with Gasteiger partial charge < -0.3 is 10.2 Å². The van der Waals surface area contributed by atoms with Crippen LogP contribution in [-0.4, -0.2) is 10.2 Å². The molecule has 0 aliphatic heterocycles. The Hall–Kier alpha value is -1.96. The van der Waals surface area contributed by atoms with E-state index in [1.54, 1.807) is 0 Å². The van der Waals surface area contributed by atoms with Crippen LogP contribution in [0.15, 0.2) is 18.2 Å². The number of aromatic hydroxyl groups is 2. The molecule has 2 aromatic rings. The second-order valence-electron chi connectivity index (χ2n) is 7.17. The van der Waals surface area contributed by atoms with E-state index in [4.69, 9.17) is 0 Å². The van der Waals surface area contributed by atoms with E-state index in [0.29, 0.717) is 11.5 Å². The Balaban J connectivity index is 2.82. The summed E-state index contributed by atoms with van der Waals surface area (Å²) in [5.74, 6) is 1.25. The molecule has 0 saturated carbocycles. The highest BCUT2D eigenvalue weighted by Gasteiger charge is 2.19. The summed E-state index contributed by atoms with van der Waals surface area (Å²) in [5, 5.41) is 20.9. The van der Waals surface area contributed by atoms with Crippen molar-refractivity contribution in [3.8, 4) is 22.6 Å². The zero-order valence-corrected chi connectivity index (χ0v) is 15.3. The summed E-state index contributed by atoms with van der Waals surface area (Å²) in [6.45, 7) is 14.3. The fourth-order valence-corrected chi connectivity index (χ4v) is 3.32. The molecule has 0 amide bonds. The quantitative estimate of drug-likeness (QED) is 0.736. The third kappa shape index (κ3) is 3.08. The van der Waals surface area contributed by atoms with Crippen LogP contribution in [0.1, 0.15) is 67.3 Å². The van der Waals surface area contributed by atoms with E-state index in [9.17, 15) is 10.2 Å². The Morgan fingerprint density at radius 1 is 0.696 bits per heavy atom. The first kappa shape index (κ1) is 17.4. The minimum atomic E-state index is 0.243. The number of aryl methyl sites for hydroxylation is 2. The Kier molecular flexibility index (Phi) is 4.74. The van der Waals surface area contributed by atoms with Gasteiger partial charge in [0, 0.05) is 0 Å². The normalized spacial score (nSPS) is 11.5. The lowest BCUT2D eigenvalue weighted by Gasteiger charge is -2.20. The van der Waals surface area contributed by atoms with Crippen LogP contribution in [-0.2, 0) is 0 Å². The summed E-state index contributed by atoms with van der Waals surface area (Å²) in [4.78, 5) is 0.